The Labute approximate surface area is 117 Å². The van der Waals surface area contributed by atoms with E-state index in [1.165, 1.54) is 6.07 Å². The number of aromatic carboxylic acids is 2. The SMILES string of the molecule is CCCC(N)c1ccc(C(=O)O)c(C(=O)O)c1NCC. The molecule has 6 heteroatoms. The second-order valence-electron chi connectivity index (χ2n) is 4.49. The van der Waals surface area contributed by atoms with Gasteiger partial charge in [-0.05, 0) is 25.0 Å². The van der Waals surface area contributed by atoms with Crippen LogP contribution < -0.4 is 11.1 Å². The largest absolute Gasteiger partial charge is 0.478 e. The van der Waals surface area contributed by atoms with Crippen LogP contribution in [0.15, 0.2) is 12.1 Å². The lowest BCUT2D eigenvalue weighted by Crippen LogP contribution is -2.19. The molecule has 1 atom stereocenters. The maximum absolute atomic E-state index is 11.4. The van der Waals surface area contributed by atoms with E-state index >= 15 is 0 Å². The number of benzene rings is 1. The fourth-order valence-corrected chi connectivity index (χ4v) is 2.16. The van der Waals surface area contributed by atoms with Crippen molar-refractivity contribution in [2.45, 2.75) is 32.7 Å². The summed E-state index contributed by atoms with van der Waals surface area (Å²) in [5, 5.41) is 21.4. The van der Waals surface area contributed by atoms with E-state index in [2.05, 4.69) is 5.32 Å². The summed E-state index contributed by atoms with van der Waals surface area (Å²) in [4.78, 5) is 22.6. The third kappa shape index (κ3) is 3.27. The lowest BCUT2D eigenvalue weighted by atomic mass is 9.94. The predicted octanol–water partition coefficient (Wildman–Crippen LogP) is 2.31. The van der Waals surface area contributed by atoms with E-state index in [0.29, 0.717) is 24.2 Å². The van der Waals surface area contributed by atoms with Crippen LogP contribution in [-0.4, -0.2) is 28.7 Å². The van der Waals surface area contributed by atoms with Crippen LogP contribution in [0.25, 0.3) is 0 Å². The van der Waals surface area contributed by atoms with Crippen LogP contribution in [0.3, 0.4) is 0 Å². The molecule has 110 valence electrons. The van der Waals surface area contributed by atoms with Gasteiger partial charge in [-0.25, -0.2) is 9.59 Å². The van der Waals surface area contributed by atoms with Crippen molar-refractivity contribution in [1.82, 2.24) is 0 Å². The van der Waals surface area contributed by atoms with Gasteiger partial charge in [0.05, 0.1) is 16.8 Å². The van der Waals surface area contributed by atoms with Gasteiger partial charge in [-0.2, -0.15) is 0 Å². The summed E-state index contributed by atoms with van der Waals surface area (Å²) >= 11 is 0. The van der Waals surface area contributed by atoms with Crippen LogP contribution in [0.2, 0.25) is 0 Å². The second-order valence-corrected chi connectivity index (χ2v) is 4.49. The summed E-state index contributed by atoms with van der Waals surface area (Å²) in [5.74, 6) is -2.54. The topological polar surface area (TPSA) is 113 Å². The Morgan fingerprint density at radius 2 is 1.90 bits per heavy atom. The van der Waals surface area contributed by atoms with Crippen LogP contribution in [0.4, 0.5) is 5.69 Å². The first-order valence-electron chi connectivity index (χ1n) is 6.56. The van der Waals surface area contributed by atoms with Crippen molar-refractivity contribution >= 4 is 17.6 Å². The second kappa shape index (κ2) is 6.91. The molecule has 0 saturated heterocycles. The predicted molar refractivity (Wildman–Crippen MR) is 76.4 cm³/mol. The van der Waals surface area contributed by atoms with E-state index in [9.17, 15) is 14.7 Å². The molecule has 5 N–H and O–H groups in total. The minimum Gasteiger partial charge on any atom is -0.478 e. The first-order valence-corrected chi connectivity index (χ1v) is 6.56. The normalized spacial score (nSPS) is 11.9. The van der Waals surface area contributed by atoms with Gasteiger partial charge in [-0.15, -0.1) is 0 Å². The summed E-state index contributed by atoms with van der Waals surface area (Å²) in [6, 6.07) is 2.57. The van der Waals surface area contributed by atoms with Crippen LogP contribution in [0.5, 0.6) is 0 Å². The number of nitrogens with two attached hydrogens (primary N) is 1. The molecule has 0 spiro atoms. The Bertz CT molecular complexity index is 514. The van der Waals surface area contributed by atoms with Gasteiger partial charge in [-0.3, -0.25) is 0 Å². The van der Waals surface area contributed by atoms with Crippen molar-refractivity contribution in [3.63, 3.8) is 0 Å². The van der Waals surface area contributed by atoms with Gasteiger partial charge in [0, 0.05) is 12.6 Å². The molecule has 0 bridgehead atoms. The number of rotatable bonds is 7. The van der Waals surface area contributed by atoms with Crippen LogP contribution >= 0.6 is 0 Å². The monoisotopic (exact) mass is 280 g/mol. The molecule has 0 heterocycles. The van der Waals surface area contributed by atoms with Crippen molar-refractivity contribution in [2.75, 3.05) is 11.9 Å². The fraction of sp³-hybridized carbons (Fsp3) is 0.429. The van der Waals surface area contributed by atoms with Gasteiger partial charge in [0.15, 0.2) is 0 Å². The highest BCUT2D eigenvalue weighted by Gasteiger charge is 2.24. The number of nitrogens with one attached hydrogen (secondary N) is 1. The van der Waals surface area contributed by atoms with Gasteiger partial charge >= 0.3 is 11.9 Å². The molecule has 1 rings (SSSR count). The molecule has 0 fully saturated rings. The first-order chi connectivity index (χ1) is 9.43. The smallest absolute Gasteiger partial charge is 0.338 e. The van der Waals surface area contributed by atoms with Gasteiger partial charge < -0.3 is 21.3 Å². The zero-order valence-corrected chi connectivity index (χ0v) is 11.6. The molecule has 0 aromatic heterocycles. The van der Waals surface area contributed by atoms with Crippen molar-refractivity contribution in [1.29, 1.82) is 0 Å². The molecule has 1 aromatic carbocycles. The van der Waals surface area contributed by atoms with Crippen molar-refractivity contribution in [3.05, 3.63) is 28.8 Å². The number of carboxylic acids is 2. The van der Waals surface area contributed by atoms with E-state index in [4.69, 9.17) is 10.8 Å². The minimum absolute atomic E-state index is 0.233. The molecule has 6 nitrogen and oxygen atoms in total. The first kappa shape index (κ1) is 16.0. The van der Waals surface area contributed by atoms with Gasteiger partial charge in [0.2, 0.25) is 0 Å². The van der Waals surface area contributed by atoms with Crippen molar-refractivity contribution < 1.29 is 19.8 Å². The Hall–Kier alpha value is -2.08. The van der Waals surface area contributed by atoms with Crippen molar-refractivity contribution in [3.8, 4) is 0 Å². The summed E-state index contributed by atoms with van der Waals surface area (Å²) in [6.07, 6.45) is 1.56. The Morgan fingerprint density at radius 3 is 2.35 bits per heavy atom. The Balaban J connectivity index is 3.51. The van der Waals surface area contributed by atoms with E-state index in [1.54, 1.807) is 6.07 Å². The zero-order chi connectivity index (χ0) is 15.3. The molecule has 0 aliphatic rings. The number of carbonyl (C=O) groups is 2. The quantitative estimate of drug-likeness (QED) is 0.609. The highest BCUT2D eigenvalue weighted by Crippen LogP contribution is 2.30. The number of hydrogen-bond donors (Lipinski definition) is 4. The van der Waals surface area contributed by atoms with Crippen LogP contribution in [-0.2, 0) is 0 Å². The molecular weight excluding hydrogens is 260 g/mol. The van der Waals surface area contributed by atoms with E-state index in [1.807, 2.05) is 13.8 Å². The molecule has 20 heavy (non-hydrogen) atoms. The lowest BCUT2D eigenvalue weighted by Gasteiger charge is -2.20. The van der Waals surface area contributed by atoms with Gasteiger partial charge in [0.25, 0.3) is 0 Å². The molecule has 0 amide bonds. The third-order valence-corrected chi connectivity index (χ3v) is 3.03. The number of anilines is 1. The van der Waals surface area contributed by atoms with E-state index in [-0.39, 0.29) is 17.2 Å². The highest BCUT2D eigenvalue weighted by atomic mass is 16.4. The van der Waals surface area contributed by atoms with E-state index in [0.717, 1.165) is 6.42 Å². The fourth-order valence-electron chi connectivity index (χ4n) is 2.16. The maximum Gasteiger partial charge on any atom is 0.338 e. The number of carboxylic acid groups (broad SMARTS) is 2. The zero-order valence-electron chi connectivity index (χ0n) is 11.6. The summed E-state index contributed by atoms with van der Waals surface area (Å²) in [6.45, 7) is 4.28. The van der Waals surface area contributed by atoms with Gasteiger partial charge in [-0.1, -0.05) is 19.4 Å². The standard InChI is InChI=1S/C14H20N2O4/c1-3-5-10(15)8-6-7-9(13(17)18)11(14(19)20)12(8)16-4-2/h6-7,10,16H,3-5,15H2,1-2H3,(H,17,18)(H,19,20). The molecule has 0 radical (unpaired) electrons. The summed E-state index contributed by atoms with van der Waals surface area (Å²) in [5.41, 5.74) is 6.52. The van der Waals surface area contributed by atoms with Crippen LogP contribution in [0.1, 0.15) is 59.0 Å². The lowest BCUT2D eigenvalue weighted by molar-refractivity contribution is 0.0652. The minimum atomic E-state index is -1.27. The molecule has 1 aromatic rings. The number of hydrogen-bond acceptors (Lipinski definition) is 4. The molecule has 0 aliphatic heterocycles. The molecule has 0 aliphatic carbocycles. The average Bonchev–Trinajstić information content (AvgIpc) is 2.38. The Morgan fingerprint density at radius 1 is 1.25 bits per heavy atom. The third-order valence-electron chi connectivity index (χ3n) is 3.03. The highest BCUT2D eigenvalue weighted by molar-refractivity contribution is 6.06. The summed E-state index contributed by atoms with van der Waals surface area (Å²) in [7, 11) is 0. The van der Waals surface area contributed by atoms with Crippen molar-refractivity contribution in [2.24, 2.45) is 5.73 Å². The van der Waals surface area contributed by atoms with Gasteiger partial charge in [0.1, 0.15) is 0 Å². The molecule has 0 saturated carbocycles. The molecular formula is C14H20N2O4. The summed E-state index contributed by atoms with van der Waals surface area (Å²) < 4.78 is 0. The average molecular weight is 280 g/mol. The van der Waals surface area contributed by atoms with Crippen LogP contribution in [0, 0.1) is 0 Å². The van der Waals surface area contributed by atoms with E-state index < -0.39 is 11.9 Å². The maximum atomic E-state index is 11.4. The molecule has 1 unspecified atom stereocenters. The Kier molecular flexibility index (Phi) is 5.52.